The first-order valence-corrected chi connectivity index (χ1v) is 9.67. The highest BCUT2D eigenvalue weighted by atomic mass is 16.5. The molecule has 2 heterocycles. The Morgan fingerprint density at radius 3 is 2.64 bits per heavy atom. The van der Waals surface area contributed by atoms with Gasteiger partial charge >= 0.3 is 5.97 Å². The Bertz CT molecular complexity index is 756. The molecule has 1 fully saturated rings. The number of rotatable bonds is 6. The Hall–Kier alpha value is -2.42. The van der Waals surface area contributed by atoms with E-state index in [0.29, 0.717) is 0 Å². The number of methoxy groups -OCH3 is 2. The van der Waals surface area contributed by atoms with Gasteiger partial charge in [-0.1, -0.05) is 19.3 Å². The van der Waals surface area contributed by atoms with Crippen LogP contribution < -0.4 is 5.32 Å². The Labute approximate surface area is 164 Å². The summed E-state index contributed by atoms with van der Waals surface area (Å²) in [5.41, 5.74) is -0.996. The SMILES string of the molecule is COCCN1C(=O)c2c(C(=O)OC)ncn2CC1(C)C(=O)NC1CCCCC1. The van der Waals surface area contributed by atoms with Crippen molar-refractivity contribution in [1.82, 2.24) is 19.8 Å². The number of nitrogens with one attached hydrogen (secondary N) is 1. The van der Waals surface area contributed by atoms with Crippen molar-refractivity contribution in [3.8, 4) is 0 Å². The molecule has 154 valence electrons. The monoisotopic (exact) mass is 392 g/mol. The highest BCUT2D eigenvalue weighted by Crippen LogP contribution is 2.29. The maximum absolute atomic E-state index is 13.3. The average molecular weight is 392 g/mol. The average Bonchev–Trinajstić information content (AvgIpc) is 3.11. The summed E-state index contributed by atoms with van der Waals surface area (Å²) in [6.45, 7) is 2.47. The van der Waals surface area contributed by atoms with Crippen molar-refractivity contribution >= 4 is 17.8 Å². The summed E-state index contributed by atoms with van der Waals surface area (Å²) in [5.74, 6) is -1.30. The van der Waals surface area contributed by atoms with Crippen LogP contribution in [0.15, 0.2) is 6.33 Å². The molecule has 0 radical (unpaired) electrons. The van der Waals surface area contributed by atoms with Gasteiger partial charge in [0.05, 0.1) is 26.6 Å². The fraction of sp³-hybridized carbons (Fsp3) is 0.684. The number of esters is 1. The van der Waals surface area contributed by atoms with Gasteiger partial charge < -0.3 is 24.3 Å². The molecule has 2 amide bonds. The van der Waals surface area contributed by atoms with E-state index in [2.05, 4.69) is 10.3 Å². The van der Waals surface area contributed by atoms with Crippen LogP contribution in [0.1, 0.15) is 60.0 Å². The summed E-state index contributed by atoms with van der Waals surface area (Å²) in [7, 11) is 2.78. The quantitative estimate of drug-likeness (QED) is 0.724. The second-order valence-electron chi connectivity index (χ2n) is 7.59. The molecule has 0 saturated heterocycles. The minimum Gasteiger partial charge on any atom is -0.464 e. The summed E-state index contributed by atoms with van der Waals surface area (Å²) in [6.07, 6.45) is 6.72. The van der Waals surface area contributed by atoms with Gasteiger partial charge in [-0.15, -0.1) is 0 Å². The van der Waals surface area contributed by atoms with Crippen LogP contribution >= 0.6 is 0 Å². The van der Waals surface area contributed by atoms with Gasteiger partial charge in [-0.05, 0) is 19.8 Å². The van der Waals surface area contributed by atoms with Crippen LogP contribution in [0.25, 0.3) is 0 Å². The number of nitrogens with zero attached hydrogens (tertiary/aromatic N) is 3. The van der Waals surface area contributed by atoms with Gasteiger partial charge in [0.15, 0.2) is 5.69 Å². The summed E-state index contributed by atoms with van der Waals surface area (Å²) in [5, 5.41) is 3.13. The molecule has 28 heavy (non-hydrogen) atoms. The molecule has 9 heteroatoms. The number of carbonyl (C=O) groups excluding carboxylic acids is 3. The van der Waals surface area contributed by atoms with Crippen LogP contribution in [-0.4, -0.2) is 71.2 Å². The molecule has 1 atom stereocenters. The molecule has 3 rings (SSSR count). The van der Waals surface area contributed by atoms with Crippen LogP contribution in [-0.2, 0) is 20.8 Å². The fourth-order valence-electron chi connectivity index (χ4n) is 4.05. The van der Waals surface area contributed by atoms with Crippen LogP contribution in [0.4, 0.5) is 0 Å². The number of amides is 2. The van der Waals surface area contributed by atoms with Gasteiger partial charge in [-0.3, -0.25) is 9.59 Å². The molecule has 1 aliphatic heterocycles. The molecule has 0 aromatic carbocycles. The van der Waals surface area contributed by atoms with Crippen LogP contribution in [0.2, 0.25) is 0 Å². The lowest BCUT2D eigenvalue weighted by atomic mass is 9.91. The van der Waals surface area contributed by atoms with Crippen molar-refractivity contribution in [2.75, 3.05) is 27.4 Å². The van der Waals surface area contributed by atoms with E-state index < -0.39 is 17.4 Å². The second-order valence-corrected chi connectivity index (χ2v) is 7.59. The molecule has 0 spiro atoms. The molecule has 9 nitrogen and oxygen atoms in total. The number of aromatic nitrogens is 2. The van der Waals surface area contributed by atoms with Gasteiger partial charge in [-0.25, -0.2) is 9.78 Å². The molecule has 0 bridgehead atoms. The summed E-state index contributed by atoms with van der Waals surface area (Å²) in [4.78, 5) is 44.0. The van der Waals surface area contributed by atoms with Crippen molar-refractivity contribution in [3.63, 3.8) is 0 Å². The molecule has 1 unspecified atom stereocenters. The third-order valence-corrected chi connectivity index (χ3v) is 5.69. The number of hydrogen-bond donors (Lipinski definition) is 1. The molecular weight excluding hydrogens is 364 g/mol. The Balaban J connectivity index is 1.92. The first kappa shape index (κ1) is 20.3. The van der Waals surface area contributed by atoms with E-state index in [1.54, 1.807) is 11.5 Å². The molecule has 2 aliphatic rings. The maximum atomic E-state index is 13.3. The highest BCUT2D eigenvalue weighted by Gasteiger charge is 2.49. The van der Waals surface area contributed by atoms with E-state index in [1.165, 1.54) is 31.9 Å². The topological polar surface area (TPSA) is 103 Å². The lowest BCUT2D eigenvalue weighted by molar-refractivity contribution is -0.134. The smallest absolute Gasteiger partial charge is 0.359 e. The van der Waals surface area contributed by atoms with Crippen LogP contribution in [0.5, 0.6) is 0 Å². The van der Waals surface area contributed by atoms with Gasteiger partial charge in [0.2, 0.25) is 5.91 Å². The molecule has 1 N–H and O–H groups in total. The Kier molecular flexibility index (Phi) is 6.02. The van der Waals surface area contributed by atoms with E-state index in [4.69, 9.17) is 9.47 Å². The molecule has 1 aromatic rings. The van der Waals surface area contributed by atoms with E-state index in [9.17, 15) is 14.4 Å². The summed E-state index contributed by atoms with van der Waals surface area (Å²) >= 11 is 0. The van der Waals surface area contributed by atoms with Crippen molar-refractivity contribution in [2.24, 2.45) is 0 Å². The largest absolute Gasteiger partial charge is 0.464 e. The van der Waals surface area contributed by atoms with Gasteiger partial charge in [-0.2, -0.15) is 0 Å². The number of imidazole rings is 1. The lowest BCUT2D eigenvalue weighted by Gasteiger charge is -2.44. The van der Waals surface area contributed by atoms with Gasteiger partial charge in [0, 0.05) is 19.7 Å². The third-order valence-electron chi connectivity index (χ3n) is 5.69. The maximum Gasteiger partial charge on any atom is 0.359 e. The predicted molar refractivity (Wildman–Crippen MR) is 99.9 cm³/mol. The minimum absolute atomic E-state index is 0.0374. The fourth-order valence-corrected chi connectivity index (χ4v) is 4.05. The van der Waals surface area contributed by atoms with Crippen molar-refractivity contribution in [1.29, 1.82) is 0 Å². The molecule has 1 aromatic heterocycles. The minimum atomic E-state index is -1.10. The van der Waals surface area contributed by atoms with Crippen molar-refractivity contribution < 1.29 is 23.9 Å². The zero-order chi connectivity index (χ0) is 20.3. The van der Waals surface area contributed by atoms with E-state index >= 15 is 0 Å². The van der Waals surface area contributed by atoms with E-state index in [0.717, 1.165) is 25.7 Å². The van der Waals surface area contributed by atoms with E-state index in [-0.39, 0.29) is 43.0 Å². The van der Waals surface area contributed by atoms with Gasteiger partial charge in [0.25, 0.3) is 5.91 Å². The number of carbonyl (C=O) groups is 3. The molecule has 1 saturated carbocycles. The zero-order valence-electron chi connectivity index (χ0n) is 16.7. The van der Waals surface area contributed by atoms with Crippen LogP contribution in [0, 0.1) is 0 Å². The summed E-state index contributed by atoms with van der Waals surface area (Å²) in [6, 6.07) is 0.132. The van der Waals surface area contributed by atoms with Crippen molar-refractivity contribution in [2.45, 2.75) is 57.2 Å². The molecular formula is C19H28N4O5. The zero-order valence-corrected chi connectivity index (χ0v) is 16.7. The standard InChI is InChI=1S/C19H28N4O5/c1-19(18(26)21-13-7-5-4-6-8-13)11-22-12-20-14(17(25)28-3)15(22)16(24)23(19)9-10-27-2/h12-13H,4-11H2,1-3H3,(H,21,26). The lowest BCUT2D eigenvalue weighted by Crippen LogP contribution is -2.65. The highest BCUT2D eigenvalue weighted by molar-refractivity contribution is 6.06. The predicted octanol–water partition coefficient (Wildman–Crippen LogP) is 0.979. The first-order chi connectivity index (χ1) is 13.4. The summed E-state index contributed by atoms with van der Waals surface area (Å²) < 4.78 is 11.4. The Morgan fingerprint density at radius 2 is 2.00 bits per heavy atom. The van der Waals surface area contributed by atoms with Crippen molar-refractivity contribution in [3.05, 3.63) is 17.7 Å². The molecule has 1 aliphatic carbocycles. The first-order valence-electron chi connectivity index (χ1n) is 9.67. The van der Waals surface area contributed by atoms with Crippen LogP contribution in [0.3, 0.4) is 0 Å². The number of hydrogen-bond acceptors (Lipinski definition) is 6. The van der Waals surface area contributed by atoms with E-state index in [1.807, 2.05) is 0 Å². The number of ether oxygens (including phenoxy) is 2. The second kappa shape index (κ2) is 8.30. The normalized spacial score (nSPS) is 22.7. The number of fused-ring (bicyclic) bond motifs is 1. The third kappa shape index (κ3) is 3.63. The Morgan fingerprint density at radius 1 is 1.29 bits per heavy atom. The van der Waals surface area contributed by atoms with Gasteiger partial charge in [0.1, 0.15) is 11.2 Å².